The van der Waals surface area contributed by atoms with E-state index in [1.54, 1.807) is 0 Å². The van der Waals surface area contributed by atoms with Crippen LogP contribution in [0.2, 0.25) is 0 Å². The standard InChI is InChI=1S/C13H24N2O4/c1-10-5-4-6-11(2)15(10)13(18)14(7-8-19-3)9-12(16)17/h10-11H,4-9H2,1-3H3,(H,16,17). The minimum Gasteiger partial charge on any atom is -0.480 e. The van der Waals surface area contributed by atoms with E-state index in [0.29, 0.717) is 13.2 Å². The summed E-state index contributed by atoms with van der Waals surface area (Å²) in [5.41, 5.74) is 0. The van der Waals surface area contributed by atoms with Gasteiger partial charge < -0.3 is 19.6 Å². The van der Waals surface area contributed by atoms with Crippen molar-refractivity contribution in [3.63, 3.8) is 0 Å². The molecule has 0 spiro atoms. The SMILES string of the molecule is COCCN(CC(=O)O)C(=O)N1C(C)CCCC1C. The number of piperidine rings is 1. The van der Waals surface area contributed by atoms with E-state index in [-0.39, 0.29) is 24.7 Å². The molecule has 2 amide bonds. The van der Waals surface area contributed by atoms with Gasteiger partial charge in [-0.15, -0.1) is 0 Å². The van der Waals surface area contributed by atoms with E-state index >= 15 is 0 Å². The Morgan fingerprint density at radius 2 is 1.89 bits per heavy atom. The van der Waals surface area contributed by atoms with Crippen LogP contribution >= 0.6 is 0 Å². The Hall–Kier alpha value is -1.30. The maximum absolute atomic E-state index is 12.5. The molecule has 1 N–H and O–H groups in total. The van der Waals surface area contributed by atoms with Crippen LogP contribution in [0.3, 0.4) is 0 Å². The molecule has 6 nitrogen and oxygen atoms in total. The van der Waals surface area contributed by atoms with Crippen molar-refractivity contribution < 1.29 is 19.4 Å². The predicted molar refractivity (Wildman–Crippen MR) is 71.1 cm³/mol. The van der Waals surface area contributed by atoms with Gasteiger partial charge in [-0.1, -0.05) is 0 Å². The zero-order chi connectivity index (χ0) is 14.4. The van der Waals surface area contributed by atoms with Crippen LogP contribution in [0.1, 0.15) is 33.1 Å². The lowest BCUT2D eigenvalue weighted by Gasteiger charge is -2.41. The van der Waals surface area contributed by atoms with Crippen molar-refractivity contribution in [2.75, 3.05) is 26.8 Å². The first-order valence-electron chi connectivity index (χ1n) is 6.75. The van der Waals surface area contributed by atoms with Gasteiger partial charge in [0.25, 0.3) is 0 Å². The van der Waals surface area contributed by atoms with Gasteiger partial charge in [0.2, 0.25) is 0 Å². The smallest absolute Gasteiger partial charge is 0.323 e. The van der Waals surface area contributed by atoms with Crippen LogP contribution in [-0.4, -0.2) is 65.8 Å². The van der Waals surface area contributed by atoms with Crippen LogP contribution in [0.5, 0.6) is 0 Å². The number of carbonyl (C=O) groups excluding carboxylic acids is 1. The lowest BCUT2D eigenvalue weighted by Crippen LogP contribution is -2.54. The molecule has 2 unspecified atom stereocenters. The molecular weight excluding hydrogens is 248 g/mol. The van der Waals surface area contributed by atoms with Gasteiger partial charge in [-0.3, -0.25) is 4.79 Å². The Balaban J connectivity index is 2.75. The Labute approximate surface area is 114 Å². The molecule has 1 saturated heterocycles. The first-order chi connectivity index (χ1) is 8.97. The number of carboxylic acid groups (broad SMARTS) is 1. The van der Waals surface area contributed by atoms with Crippen molar-refractivity contribution in [2.45, 2.75) is 45.2 Å². The van der Waals surface area contributed by atoms with E-state index in [1.807, 2.05) is 18.7 Å². The van der Waals surface area contributed by atoms with Crippen molar-refractivity contribution >= 4 is 12.0 Å². The summed E-state index contributed by atoms with van der Waals surface area (Å²) in [5.74, 6) is -0.998. The molecule has 19 heavy (non-hydrogen) atoms. The monoisotopic (exact) mass is 272 g/mol. The molecule has 1 fully saturated rings. The highest BCUT2D eigenvalue weighted by atomic mass is 16.5. The van der Waals surface area contributed by atoms with Crippen LogP contribution in [0.15, 0.2) is 0 Å². The summed E-state index contributed by atoms with van der Waals surface area (Å²) in [6.07, 6.45) is 3.06. The number of ether oxygens (including phenoxy) is 1. The van der Waals surface area contributed by atoms with Gasteiger partial charge in [0.1, 0.15) is 6.54 Å². The number of carbonyl (C=O) groups is 2. The van der Waals surface area contributed by atoms with Gasteiger partial charge in [0.05, 0.1) is 6.61 Å². The molecule has 0 aliphatic carbocycles. The number of carboxylic acids is 1. The second-order valence-corrected chi connectivity index (χ2v) is 5.13. The maximum atomic E-state index is 12.5. The van der Waals surface area contributed by atoms with Crippen molar-refractivity contribution in [3.05, 3.63) is 0 Å². The van der Waals surface area contributed by atoms with E-state index in [2.05, 4.69) is 0 Å². The first-order valence-corrected chi connectivity index (χ1v) is 6.75. The second-order valence-electron chi connectivity index (χ2n) is 5.13. The molecule has 0 radical (unpaired) electrons. The van der Waals surface area contributed by atoms with Crippen molar-refractivity contribution in [1.82, 2.24) is 9.80 Å². The van der Waals surface area contributed by atoms with Crippen molar-refractivity contribution in [2.24, 2.45) is 0 Å². The van der Waals surface area contributed by atoms with Crippen molar-refractivity contribution in [1.29, 1.82) is 0 Å². The molecule has 0 saturated carbocycles. The van der Waals surface area contributed by atoms with Crippen LogP contribution in [0, 0.1) is 0 Å². The first kappa shape index (κ1) is 15.8. The molecule has 1 aliphatic heterocycles. The maximum Gasteiger partial charge on any atom is 0.323 e. The van der Waals surface area contributed by atoms with E-state index < -0.39 is 5.97 Å². The number of methoxy groups -OCH3 is 1. The fourth-order valence-corrected chi connectivity index (χ4v) is 2.57. The molecule has 0 aromatic rings. The molecule has 1 aliphatic rings. The molecule has 0 bridgehead atoms. The Kier molecular flexibility index (Phi) is 6.08. The number of hydrogen-bond acceptors (Lipinski definition) is 3. The highest BCUT2D eigenvalue weighted by molar-refractivity contribution is 5.80. The summed E-state index contributed by atoms with van der Waals surface area (Å²) in [5, 5.41) is 8.91. The average Bonchev–Trinajstić information content (AvgIpc) is 2.33. The highest BCUT2D eigenvalue weighted by Gasteiger charge is 2.32. The Morgan fingerprint density at radius 3 is 2.37 bits per heavy atom. The van der Waals surface area contributed by atoms with Gasteiger partial charge >= 0.3 is 12.0 Å². The van der Waals surface area contributed by atoms with Gasteiger partial charge in [0.15, 0.2) is 0 Å². The Bertz CT molecular complexity index is 312. The summed E-state index contributed by atoms with van der Waals surface area (Å²) in [6, 6.07) is 0.129. The van der Waals surface area contributed by atoms with E-state index in [4.69, 9.17) is 9.84 Å². The largest absolute Gasteiger partial charge is 0.480 e. The fraction of sp³-hybridized carbons (Fsp3) is 0.846. The number of urea groups is 1. The molecule has 6 heteroatoms. The average molecular weight is 272 g/mol. The summed E-state index contributed by atoms with van der Waals surface area (Å²) in [6.45, 7) is 4.40. The normalized spacial score (nSPS) is 23.2. The predicted octanol–water partition coefficient (Wildman–Crippen LogP) is 1.40. The van der Waals surface area contributed by atoms with E-state index in [1.165, 1.54) is 12.0 Å². The number of amides is 2. The number of hydrogen-bond donors (Lipinski definition) is 1. The number of nitrogens with zero attached hydrogens (tertiary/aromatic N) is 2. The molecule has 110 valence electrons. The van der Waals surface area contributed by atoms with Crippen LogP contribution in [-0.2, 0) is 9.53 Å². The van der Waals surface area contributed by atoms with Crippen molar-refractivity contribution in [3.8, 4) is 0 Å². The summed E-state index contributed by atoms with van der Waals surface area (Å²) in [7, 11) is 1.54. The number of rotatable bonds is 5. The fourth-order valence-electron chi connectivity index (χ4n) is 2.57. The highest BCUT2D eigenvalue weighted by Crippen LogP contribution is 2.23. The third-order valence-electron chi connectivity index (χ3n) is 3.58. The zero-order valence-electron chi connectivity index (χ0n) is 12.0. The summed E-state index contributed by atoms with van der Waals surface area (Å²) >= 11 is 0. The number of aliphatic carboxylic acids is 1. The molecule has 1 rings (SSSR count). The topological polar surface area (TPSA) is 70.1 Å². The van der Waals surface area contributed by atoms with E-state index in [0.717, 1.165) is 19.3 Å². The van der Waals surface area contributed by atoms with Gasteiger partial charge in [-0.05, 0) is 33.1 Å². The van der Waals surface area contributed by atoms with Crippen LogP contribution < -0.4 is 0 Å². The Morgan fingerprint density at radius 1 is 1.32 bits per heavy atom. The van der Waals surface area contributed by atoms with Gasteiger partial charge in [-0.25, -0.2) is 4.79 Å². The lowest BCUT2D eigenvalue weighted by atomic mass is 9.98. The minimum absolute atomic E-state index is 0.162. The lowest BCUT2D eigenvalue weighted by molar-refractivity contribution is -0.138. The minimum atomic E-state index is -0.998. The summed E-state index contributed by atoms with van der Waals surface area (Å²) in [4.78, 5) is 26.5. The van der Waals surface area contributed by atoms with Gasteiger partial charge in [-0.2, -0.15) is 0 Å². The van der Waals surface area contributed by atoms with Crippen LogP contribution in [0.25, 0.3) is 0 Å². The summed E-state index contributed by atoms with van der Waals surface area (Å²) < 4.78 is 4.94. The molecule has 0 aromatic heterocycles. The number of likely N-dealkylation sites (tertiary alicyclic amines) is 1. The van der Waals surface area contributed by atoms with Crippen LogP contribution in [0.4, 0.5) is 4.79 Å². The van der Waals surface area contributed by atoms with E-state index in [9.17, 15) is 9.59 Å². The second kappa shape index (κ2) is 7.33. The third-order valence-corrected chi connectivity index (χ3v) is 3.58. The molecular formula is C13H24N2O4. The molecule has 1 heterocycles. The third kappa shape index (κ3) is 4.38. The van der Waals surface area contributed by atoms with Gasteiger partial charge in [0, 0.05) is 25.7 Å². The quantitative estimate of drug-likeness (QED) is 0.821. The zero-order valence-corrected chi connectivity index (χ0v) is 12.0. The molecule has 2 atom stereocenters. The molecule has 0 aromatic carbocycles.